The van der Waals surface area contributed by atoms with Gasteiger partial charge in [-0.2, -0.15) is 0 Å². The lowest BCUT2D eigenvalue weighted by atomic mass is 9.96. The highest BCUT2D eigenvalue weighted by atomic mass is 16.7. The summed E-state index contributed by atoms with van der Waals surface area (Å²) in [7, 11) is 0. The Kier molecular flexibility index (Phi) is 12.3. The molecule has 1 aromatic rings. The van der Waals surface area contributed by atoms with E-state index in [2.05, 4.69) is 41.6 Å². The number of benzene rings is 1. The van der Waals surface area contributed by atoms with E-state index >= 15 is 0 Å². The molecule has 0 spiro atoms. The zero-order valence-corrected chi connectivity index (χ0v) is 24.6. The van der Waals surface area contributed by atoms with E-state index in [-0.39, 0.29) is 56.3 Å². The maximum Gasteiger partial charge on any atom is 0.333 e. The molecule has 11 heteroatoms. The van der Waals surface area contributed by atoms with Gasteiger partial charge in [0.25, 0.3) is 5.91 Å². The summed E-state index contributed by atoms with van der Waals surface area (Å²) in [5.74, 6) is -1.77. The number of hydroxylamine groups is 2. The van der Waals surface area contributed by atoms with Gasteiger partial charge in [0.1, 0.15) is 12.1 Å². The van der Waals surface area contributed by atoms with Crippen molar-refractivity contribution >= 4 is 29.6 Å². The number of rotatable bonds is 16. The van der Waals surface area contributed by atoms with E-state index in [1.807, 2.05) is 31.2 Å². The van der Waals surface area contributed by atoms with Crippen molar-refractivity contribution in [1.29, 1.82) is 0 Å². The Morgan fingerprint density at radius 1 is 1.10 bits per heavy atom. The molecule has 4 atom stereocenters. The molecule has 11 nitrogen and oxygen atoms in total. The van der Waals surface area contributed by atoms with Gasteiger partial charge in [0.05, 0.1) is 18.3 Å². The summed E-state index contributed by atoms with van der Waals surface area (Å²) >= 11 is 0. The van der Waals surface area contributed by atoms with Crippen LogP contribution in [0.1, 0.15) is 82.9 Å². The van der Waals surface area contributed by atoms with Crippen LogP contribution in [0, 0.1) is 5.92 Å². The van der Waals surface area contributed by atoms with E-state index in [1.54, 1.807) is 6.92 Å². The van der Waals surface area contributed by atoms with Crippen LogP contribution in [-0.4, -0.2) is 53.4 Å². The summed E-state index contributed by atoms with van der Waals surface area (Å²) in [4.78, 5) is 65.1. The first-order valence-corrected chi connectivity index (χ1v) is 14.5. The summed E-state index contributed by atoms with van der Waals surface area (Å²) in [5, 5.41) is 8.72. The second-order valence-electron chi connectivity index (χ2n) is 10.7. The lowest BCUT2D eigenvalue weighted by Crippen LogP contribution is -2.47. The van der Waals surface area contributed by atoms with Crippen LogP contribution in [-0.2, 0) is 40.1 Å². The molecule has 2 saturated heterocycles. The van der Waals surface area contributed by atoms with E-state index in [1.165, 1.54) is 0 Å². The minimum Gasteiger partial charge on any atom is -0.364 e. The Labute approximate surface area is 247 Å². The molecule has 1 aromatic carbocycles. The van der Waals surface area contributed by atoms with Crippen LogP contribution in [0.25, 0.3) is 0 Å². The maximum atomic E-state index is 12.5. The zero-order chi connectivity index (χ0) is 30.6. The van der Waals surface area contributed by atoms with Gasteiger partial charge in [-0.1, -0.05) is 49.9 Å². The van der Waals surface area contributed by atoms with Crippen LogP contribution in [0.3, 0.4) is 0 Å². The van der Waals surface area contributed by atoms with E-state index in [0.717, 1.165) is 29.0 Å². The fourth-order valence-electron chi connectivity index (χ4n) is 4.59. The van der Waals surface area contributed by atoms with Gasteiger partial charge in [0.15, 0.2) is 0 Å². The number of amides is 4. The Morgan fingerprint density at radius 2 is 1.83 bits per heavy atom. The van der Waals surface area contributed by atoms with Gasteiger partial charge in [0.2, 0.25) is 17.7 Å². The molecule has 2 aliphatic rings. The van der Waals surface area contributed by atoms with Gasteiger partial charge in [-0.15, -0.1) is 5.06 Å². The lowest BCUT2D eigenvalue weighted by molar-refractivity contribution is -0.186. The first kappa shape index (κ1) is 32.5. The third-order valence-corrected chi connectivity index (χ3v) is 7.22. The van der Waals surface area contributed by atoms with Crippen molar-refractivity contribution in [3.63, 3.8) is 0 Å². The van der Waals surface area contributed by atoms with Crippen LogP contribution in [0.4, 0.5) is 0 Å². The maximum absolute atomic E-state index is 12.5. The zero-order valence-electron chi connectivity index (χ0n) is 24.6. The molecule has 2 heterocycles. The lowest BCUT2D eigenvalue weighted by Gasteiger charge is -2.15. The summed E-state index contributed by atoms with van der Waals surface area (Å²) in [6, 6.07) is 7.16. The van der Waals surface area contributed by atoms with E-state index in [9.17, 15) is 24.0 Å². The molecule has 0 aromatic heterocycles. The molecule has 2 fully saturated rings. The number of ether oxygens (including phenoxy) is 1. The highest BCUT2D eigenvalue weighted by Crippen LogP contribution is 2.44. The molecule has 0 radical (unpaired) electrons. The van der Waals surface area contributed by atoms with Crippen molar-refractivity contribution in [2.45, 2.75) is 90.5 Å². The van der Waals surface area contributed by atoms with Crippen molar-refractivity contribution in [1.82, 2.24) is 21.0 Å². The first-order valence-electron chi connectivity index (χ1n) is 14.5. The second-order valence-corrected chi connectivity index (χ2v) is 10.7. The Bertz CT molecular complexity index is 1160. The summed E-state index contributed by atoms with van der Waals surface area (Å²) in [6.45, 7) is 9.48. The summed E-state index contributed by atoms with van der Waals surface area (Å²) < 4.78 is 5.90. The van der Waals surface area contributed by atoms with Crippen molar-refractivity contribution in [2.24, 2.45) is 5.92 Å². The van der Waals surface area contributed by atoms with Crippen LogP contribution < -0.4 is 16.0 Å². The number of nitrogens with zero attached hydrogens (tertiary/aromatic N) is 1. The predicted molar refractivity (Wildman–Crippen MR) is 155 cm³/mol. The molecule has 4 amide bonds. The van der Waals surface area contributed by atoms with Crippen molar-refractivity contribution in [2.75, 3.05) is 6.54 Å². The van der Waals surface area contributed by atoms with Crippen LogP contribution in [0.2, 0.25) is 0 Å². The number of allylic oxidation sites excluding steroid dienone is 3. The molecular formula is C31H42N4O7. The fourth-order valence-corrected chi connectivity index (χ4v) is 4.59. The minimum absolute atomic E-state index is 0.00475. The average molecular weight is 583 g/mol. The number of carbonyl (C=O) groups excluding carboxylic acids is 5. The minimum atomic E-state index is -0.795. The second kappa shape index (κ2) is 15.9. The van der Waals surface area contributed by atoms with Crippen molar-refractivity contribution in [3.8, 4) is 0 Å². The number of epoxide rings is 1. The Morgan fingerprint density at radius 3 is 2.50 bits per heavy atom. The topological polar surface area (TPSA) is 146 Å². The number of carbonyl (C=O) groups is 5. The van der Waals surface area contributed by atoms with E-state index in [0.29, 0.717) is 24.6 Å². The predicted octanol–water partition coefficient (Wildman–Crippen LogP) is 3.12. The van der Waals surface area contributed by atoms with Crippen molar-refractivity contribution < 1.29 is 33.5 Å². The van der Waals surface area contributed by atoms with Gasteiger partial charge in [-0.05, 0) is 56.6 Å². The first-order chi connectivity index (χ1) is 20.1. The Balaban J connectivity index is 1.27. The van der Waals surface area contributed by atoms with E-state index < -0.39 is 23.8 Å². The molecule has 0 aliphatic carbocycles. The molecule has 4 unspecified atom stereocenters. The van der Waals surface area contributed by atoms with Crippen LogP contribution >= 0.6 is 0 Å². The van der Waals surface area contributed by atoms with Crippen molar-refractivity contribution in [3.05, 3.63) is 59.8 Å². The van der Waals surface area contributed by atoms with Gasteiger partial charge < -0.3 is 25.5 Å². The SMILES string of the molecule is C=C1CCC(=O)N1OC(=O)CCCC(=O)NCC(=O)NC(C)C(=O)NCc1ccc(C2OC2C(C)CC/C=C/C)cc1. The normalized spacial score (nSPS) is 19.4. The highest BCUT2D eigenvalue weighted by Gasteiger charge is 2.43. The molecule has 0 bridgehead atoms. The summed E-state index contributed by atoms with van der Waals surface area (Å²) in [6.07, 6.45) is 7.56. The standard InChI is InChI=1S/C31H42N4O7/c1-5-6-7-9-20(2)29-30(41-29)24-15-13-23(14-16-24)18-33-31(40)22(4)34-26(37)19-32-25(36)10-8-11-28(39)42-35-21(3)12-17-27(35)38/h5-6,13-16,20,22,29-30H,3,7-12,17-19H2,1-2,4H3,(H,32,36)(H,33,40)(H,34,37)/b6-5+. The average Bonchev–Trinajstić information content (AvgIpc) is 3.71. The van der Waals surface area contributed by atoms with E-state index in [4.69, 9.17) is 9.57 Å². The number of hydrogen-bond donors (Lipinski definition) is 3. The molecule has 0 saturated carbocycles. The molecule has 2 aliphatic heterocycles. The van der Waals surface area contributed by atoms with Crippen LogP contribution in [0.5, 0.6) is 0 Å². The van der Waals surface area contributed by atoms with Gasteiger partial charge in [-0.3, -0.25) is 19.2 Å². The smallest absolute Gasteiger partial charge is 0.333 e. The largest absolute Gasteiger partial charge is 0.364 e. The molecule has 42 heavy (non-hydrogen) atoms. The number of nitrogens with one attached hydrogen (secondary N) is 3. The molecule has 228 valence electrons. The summed E-state index contributed by atoms with van der Waals surface area (Å²) in [5.41, 5.74) is 2.48. The van der Waals surface area contributed by atoms with Gasteiger partial charge in [-0.25, -0.2) is 4.79 Å². The molecular weight excluding hydrogens is 540 g/mol. The quantitative estimate of drug-likeness (QED) is 0.200. The monoisotopic (exact) mass is 582 g/mol. The highest BCUT2D eigenvalue weighted by molar-refractivity contribution is 5.90. The third kappa shape index (κ3) is 10.1. The molecule has 3 N–H and O–H groups in total. The fraction of sp³-hybridized carbons (Fsp3) is 0.516. The van der Waals surface area contributed by atoms with Crippen LogP contribution in [0.15, 0.2) is 48.7 Å². The van der Waals surface area contributed by atoms with Gasteiger partial charge >= 0.3 is 5.97 Å². The van der Waals surface area contributed by atoms with Gasteiger partial charge in [0, 0.05) is 25.8 Å². The molecule has 3 rings (SSSR count). The Hall–Kier alpha value is -3.99. The number of hydrogen-bond acceptors (Lipinski definition) is 7. The third-order valence-electron chi connectivity index (χ3n) is 7.22.